The molecule has 0 unspecified atom stereocenters. The third-order valence-electron chi connectivity index (χ3n) is 4.42. The Morgan fingerprint density at radius 2 is 1.81 bits per heavy atom. The highest BCUT2D eigenvalue weighted by Crippen LogP contribution is 2.36. The Morgan fingerprint density at radius 3 is 2.50 bits per heavy atom. The average Bonchev–Trinajstić information content (AvgIpc) is 2.93. The summed E-state index contributed by atoms with van der Waals surface area (Å²) in [5.74, 6) is -1.90. The largest absolute Gasteiger partial charge is 0.366 e. The molecule has 0 saturated heterocycles. The monoisotopic (exact) mass is 369 g/mol. The molecular weight excluding hydrogens is 358 g/mol. The Hall–Kier alpha value is -2.92. The number of halogens is 3. The lowest BCUT2D eigenvalue weighted by Gasteiger charge is -2.10. The normalized spacial score (nSPS) is 11.3. The highest BCUT2D eigenvalue weighted by atomic mass is 35.5. The van der Waals surface area contributed by atoms with Gasteiger partial charge in [-0.3, -0.25) is 4.79 Å². The van der Waals surface area contributed by atoms with Crippen LogP contribution in [0.25, 0.3) is 21.8 Å². The summed E-state index contributed by atoms with van der Waals surface area (Å²) in [5, 5.41) is 1.54. The zero-order valence-corrected chi connectivity index (χ0v) is 14.1. The standard InChI is InChI=1S/C20H12ClF2N2O/c21-14-6-1-4-11-18-12(20(24)26)5-2-9-17(18)25(19(11)14)10-13-15(22)7-3-8-16(13)23/h1-3,5-9H,10H2,(H2,24,26). The van der Waals surface area contributed by atoms with Crippen molar-refractivity contribution in [2.45, 2.75) is 6.54 Å². The molecule has 3 nitrogen and oxygen atoms in total. The fourth-order valence-electron chi connectivity index (χ4n) is 3.28. The van der Waals surface area contributed by atoms with Gasteiger partial charge in [0, 0.05) is 21.9 Å². The third kappa shape index (κ3) is 2.44. The molecule has 0 fully saturated rings. The van der Waals surface area contributed by atoms with Gasteiger partial charge in [-0.15, -0.1) is 0 Å². The molecule has 0 saturated carbocycles. The van der Waals surface area contributed by atoms with Crippen molar-refractivity contribution >= 4 is 39.3 Å². The summed E-state index contributed by atoms with van der Waals surface area (Å²) >= 11 is 6.37. The van der Waals surface area contributed by atoms with Crippen LogP contribution < -0.4 is 5.73 Å². The number of amides is 1. The summed E-state index contributed by atoms with van der Waals surface area (Å²) in [5.41, 5.74) is 6.86. The first-order chi connectivity index (χ1) is 12.5. The number of nitrogens with zero attached hydrogens (tertiary/aromatic N) is 1. The van der Waals surface area contributed by atoms with E-state index in [2.05, 4.69) is 6.07 Å². The Balaban J connectivity index is 2.11. The van der Waals surface area contributed by atoms with Crippen molar-refractivity contribution in [1.29, 1.82) is 0 Å². The predicted octanol–water partition coefficient (Wildman–Crippen LogP) is 4.67. The van der Waals surface area contributed by atoms with E-state index in [9.17, 15) is 13.6 Å². The first-order valence-corrected chi connectivity index (χ1v) is 8.20. The summed E-state index contributed by atoms with van der Waals surface area (Å²) in [6, 6.07) is 15.1. The van der Waals surface area contributed by atoms with Gasteiger partial charge in [0.25, 0.3) is 0 Å². The molecule has 6 heteroatoms. The lowest BCUT2D eigenvalue weighted by atomic mass is 10.1. The van der Waals surface area contributed by atoms with Crippen LogP contribution in [-0.4, -0.2) is 10.5 Å². The van der Waals surface area contributed by atoms with Gasteiger partial charge in [-0.05, 0) is 36.4 Å². The number of carbonyl (C=O) groups excluding carboxylic acids is 1. The minimum atomic E-state index is -0.651. The second kappa shape index (κ2) is 6.11. The van der Waals surface area contributed by atoms with Crippen LogP contribution in [0.1, 0.15) is 15.9 Å². The molecule has 0 atom stereocenters. The molecule has 0 bridgehead atoms. The van der Waals surface area contributed by atoms with Crippen LogP contribution in [0.15, 0.2) is 48.5 Å². The summed E-state index contributed by atoms with van der Waals surface area (Å²) in [6.45, 7) is -0.0850. The van der Waals surface area contributed by atoms with E-state index in [1.807, 2.05) is 0 Å². The Kier molecular flexibility index (Phi) is 3.89. The molecule has 129 valence electrons. The van der Waals surface area contributed by atoms with Crippen LogP contribution in [0.3, 0.4) is 0 Å². The maximum absolute atomic E-state index is 14.2. The van der Waals surface area contributed by atoms with E-state index >= 15 is 0 Å². The van der Waals surface area contributed by atoms with Crippen molar-refractivity contribution in [3.63, 3.8) is 0 Å². The maximum atomic E-state index is 14.2. The molecule has 1 radical (unpaired) electrons. The number of hydrogen-bond donors (Lipinski definition) is 1. The molecule has 0 aliphatic heterocycles. The highest BCUT2D eigenvalue weighted by molar-refractivity contribution is 6.36. The second-order valence-electron chi connectivity index (χ2n) is 5.90. The van der Waals surface area contributed by atoms with E-state index in [0.717, 1.165) is 0 Å². The molecule has 1 amide bonds. The van der Waals surface area contributed by atoms with Crippen molar-refractivity contribution in [3.8, 4) is 0 Å². The second-order valence-corrected chi connectivity index (χ2v) is 6.31. The van der Waals surface area contributed by atoms with E-state index in [-0.39, 0.29) is 12.1 Å². The fourth-order valence-corrected chi connectivity index (χ4v) is 3.54. The van der Waals surface area contributed by atoms with Gasteiger partial charge in [0.05, 0.1) is 22.6 Å². The molecule has 3 aromatic carbocycles. The van der Waals surface area contributed by atoms with Crippen molar-refractivity contribution in [2.75, 3.05) is 0 Å². The third-order valence-corrected chi connectivity index (χ3v) is 4.72. The van der Waals surface area contributed by atoms with E-state index in [1.165, 1.54) is 18.2 Å². The Morgan fingerprint density at radius 1 is 1.12 bits per heavy atom. The van der Waals surface area contributed by atoms with Crippen LogP contribution in [-0.2, 0) is 6.54 Å². The van der Waals surface area contributed by atoms with Crippen molar-refractivity contribution in [1.82, 2.24) is 4.57 Å². The number of benzene rings is 3. The van der Waals surface area contributed by atoms with Gasteiger partial charge >= 0.3 is 0 Å². The summed E-state index contributed by atoms with van der Waals surface area (Å²) in [4.78, 5) is 11.9. The number of nitrogens with two attached hydrogens (primary N) is 1. The number of primary amides is 1. The number of carbonyl (C=O) groups is 1. The maximum Gasteiger partial charge on any atom is 0.249 e. The minimum Gasteiger partial charge on any atom is -0.366 e. The molecule has 0 aliphatic carbocycles. The molecular formula is C20H12ClF2N2O. The van der Waals surface area contributed by atoms with E-state index in [0.29, 0.717) is 32.4 Å². The molecule has 0 spiro atoms. The number of rotatable bonds is 3. The molecule has 2 N–H and O–H groups in total. The summed E-state index contributed by atoms with van der Waals surface area (Å²) in [7, 11) is 0. The van der Waals surface area contributed by atoms with Crippen molar-refractivity contribution in [2.24, 2.45) is 5.73 Å². The Bertz CT molecular complexity index is 1160. The lowest BCUT2D eigenvalue weighted by molar-refractivity contribution is 0.100. The number of hydrogen-bond acceptors (Lipinski definition) is 1. The predicted molar refractivity (Wildman–Crippen MR) is 97.3 cm³/mol. The average molecular weight is 370 g/mol. The minimum absolute atomic E-state index is 0.0850. The molecule has 1 heterocycles. The number of aromatic nitrogens is 1. The summed E-state index contributed by atoms with van der Waals surface area (Å²) < 4.78 is 30.0. The fraction of sp³-hybridized carbons (Fsp3) is 0.0500. The van der Waals surface area contributed by atoms with Gasteiger partial charge in [0.15, 0.2) is 0 Å². The van der Waals surface area contributed by atoms with Crippen LogP contribution in [0.4, 0.5) is 8.78 Å². The van der Waals surface area contributed by atoms with Gasteiger partial charge in [-0.1, -0.05) is 29.8 Å². The quantitative estimate of drug-likeness (QED) is 0.560. The molecule has 1 aromatic heterocycles. The first-order valence-electron chi connectivity index (χ1n) is 7.83. The molecule has 4 rings (SSSR count). The van der Waals surface area contributed by atoms with E-state index in [4.69, 9.17) is 17.3 Å². The number of fused-ring (bicyclic) bond motifs is 3. The van der Waals surface area contributed by atoms with Crippen LogP contribution >= 0.6 is 11.6 Å². The van der Waals surface area contributed by atoms with Crippen LogP contribution in [0, 0.1) is 17.7 Å². The first kappa shape index (κ1) is 16.5. The van der Waals surface area contributed by atoms with Gasteiger partial charge in [-0.2, -0.15) is 0 Å². The molecule has 4 aromatic rings. The van der Waals surface area contributed by atoms with Gasteiger partial charge in [0.2, 0.25) is 5.91 Å². The molecule has 0 aliphatic rings. The smallest absolute Gasteiger partial charge is 0.249 e. The van der Waals surface area contributed by atoms with Crippen molar-refractivity contribution in [3.05, 3.63) is 82.4 Å². The van der Waals surface area contributed by atoms with Gasteiger partial charge in [-0.25, -0.2) is 8.78 Å². The zero-order chi connectivity index (χ0) is 18.4. The highest BCUT2D eigenvalue weighted by Gasteiger charge is 2.20. The summed E-state index contributed by atoms with van der Waals surface area (Å²) in [6.07, 6.45) is 0. The lowest BCUT2D eigenvalue weighted by Crippen LogP contribution is -2.11. The van der Waals surface area contributed by atoms with Crippen LogP contribution in [0.5, 0.6) is 0 Å². The van der Waals surface area contributed by atoms with Gasteiger partial charge < -0.3 is 10.3 Å². The van der Waals surface area contributed by atoms with E-state index in [1.54, 1.807) is 34.9 Å². The van der Waals surface area contributed by atoms with Crippen LogP contribution in [0.2, 0.25) is 5.02 Å². The Labute approximate surface area is 152 Å². The van der Waals surface area contributed by atoms with Crippen molar-refractivity contribution < 1.29 is 13.6 Å². The topological polar surface area (TPSA) is 48.0 Å². The zero-order valence-electron chi connectivity index (χ0n) is 13.4. The molecule has 26 heavy (non-hydrogen) atoms. The van der Waals surface area contributed by atoms with Gasteiger partial charge in [0.1, 0.15) is 11.6 Å². The van der Waals surface area contributed by atoms with E-state index < -0.39 is 17.5 Å². The SMILES string of the molecule is NC(=O)c1cccc2c1c1[c]ccc(Cl)c1n2Cc1c(F)cccc1F.